The molecule has 11 aromatic carbocycles. The van der Waals surface area contributed by atoms with Crippen molar-refractivity contribution in [3.05, 3.63) is 271 Å². The number of para-hydroxylation sites is 2. The van der Waals surface area contributed by atoms with Gasteiger partial charge in [0.15, 0.2) is 0 Å². The van der Waals surface area contributed by atoms with Crippen molar-refractivity contribution in [3.63, 3.8) is 0 Å². The van der Waals surface area contributed by atoms with E-state index in [9.17, 15) is 0 Å². The standard InChI is InChI=1S/C82H77BN2/c1-79(2,3)61-46-60(47-62(49-61)80(4,5)6)59-44-45-72-70(48-59)83-71-52-68(58-38-26-17-27-39-58)69(82(10,11)12)53-73(71)85(78-66(56-34-22-15-23-35-56)42-29-43-67(78)57-36-24-16-25-37-57)75-51-63(81(7,8)9)50-74(76(75)83)84(72)77-64(54-30-18-13-19-31-54)40-28-41-65(77)55-32-20-14-21-33-55/h13-53H,1-12H3. The maximum atomic E-state index is 2.71. The first kappa shape index (κ1) is 55.3. The lowest BCUT2D eigenvalue weighted by molar-refractivity contribution is 0.569. The zero-order valence-electron chi connectivity index (χ0n) is 51.6. The highest BCUT2D eigenvalue weighted by molar-refractivity contribution is 7.00. The Hall–Kier alpha value is -8.92. The SMILES string of the molecule is CC(C)(C)c1cc(-c2ccc3c(c2)B2c4cc(-c5ccccc5)c(C(C)(C)C)cc4N(c4c(-c5ccccc5)cccc4-c4ccccc4)c4cc(C(C)(C)C)cc(c42)N3c2c(-c3ccccc3)cccc2-c2ccccc2)cc(C(C)(C)C)c1. The van der Waals surface area contributed by atoms with E-state index < -0.39 is 0 Å². The van der Waals surface area contributed by atoms with Crippen molar-refractivity contribution in [1.82, 2.24) is 0 Å². The molecule has 0 aliphatic carbocycles. The Kier molecular flexibility index (Phi) is 13.7. The highest BCUT2D eigenvalue weighted by Crippen LogP contribution is 2.54. The lowest BCUT2D eigenvalue weighted by atomic mass is 9.33. The van der Waals surface area contributed by atoms with Crippen LogP contribution in [-0.2, 0) is 21.7 Å². The van der Waals surface area contributed by atoms with Gasteiger partial charge in [-0.05, 0) is 129 Å². The van der Waals surface area contributed by atoms with Crippen LogP contribution in [0.3, 0.4) is 0 Å². The summed E-state index contributed by atoms with van der Waals surface area (Å²) in [5.74, 6) is 0. The van der Waals surface area contributed by atoms with Gasteiger partial charge in [-0.2, -0.15) is 0 Å². The molecule has 85 heavy (non-hydrogen) atoms. The summed E-state index contributed by atoms with van der Waals surface area (Å²) in [6.45, 7) is 28.2. The Morgan fingerprint density at radius 2 is 0.600 bits per heavy atom. The van der Waals surface area contributed by atoms with Gasteiger partial charge >= 0.3 is 0 Å². The van der Waals surface area contributed by atoms with Crippen LogP contribution in [-0.4, -0.2) is 6.71 Å². The fraction of sp³-hybridized carbons (Fsp3) is 0.195. The van der Waals surface area contributed by atoms with E-state index in [0.717, 1.165) is 11.4 Å². The molecule has 0 radical (unpaired) electrons. The highest BCUT2D eigenvalue weighted by Gasteiger charge is 2.47. The number of rotatable bonds is 8. The second kappa shape index (κ2) is 21.0. The van der Waals surface area contributed by atoms with Gasteiger partial charge in [0.05, 0.1) is 11.4 Å². The van der Waals surface area contributed by atoms with E-state index in [1.807, 2.05) is 0 Å². The third kappa shape index (κ3) is 10.0. The van der Waals surface area contributed by atoms with Gasteiger partial charge < -0.3 is 9.80 Å². The zero-order chi connectivity index (χ0) is 59.2. The summed E-state index contributed by atoms with van der Waals surface area (Å²) in [6.07, 6.45) is 0. The molecule has 0 N–H and O–H groups in total. The molecule has 0 atom stereocenters. The average molecular weight is 1100 g/mol. The monoisotopic (exact) mass is 1100 g/mol. The third-order valence-electron chi connectivity index (χ3n) is 17.8. The molecule has 0 spiro atoms. The van der Waals surface area contributed by atoms with Crippen LogP contribution in [0.4, 0.5) is 34.1 Å². The molecule has 0 saturated heterocycles. The zero-order valence-corrected chi connectivity index (χ0v) is 51.6. The Morgan fingerprint density at radius 1 is 0.247 bits per heavy atom. The Morgan fingerprint density at radius 3 is 0.976 bits per heavy atom. The summed E-state index contributed by atoms with van der Waals surface area (Å²) in [4.78, 5) is 5.40. The highest BCUT2D eigenvalue weighted by atomic mass is 15.2. The smallest absolute Gasteiger partial charge is 0.252 e. The molecule has 11 aromatic rings. The van der Waals surface area contributed by atoms with Crippen LogP contribution in [0.15, 0.2) is 249 Å². The van der Waals surface area contributed by atoms with Gasteiger partial charge in [-0.25, -0.2) is 0 Å². The molecule has 13 rings (SSSR count). The predicted octanol–water partition coefficient (Wildman–Crippen LogP) is 21.0. The number of hydrogen-bond donors (Lipinski definition) is 0. The van der Waals surface area contributed by atoms with E-state index in [2.05, 4.69) is 342 Å². The number of hydrogen-bond acceptors (Lipinski definition) is 2. The first-order valence-electron chi connectivity index (χ1n) is 30.5. The minimum absolute atomic E-state index is 0.0619. The molecule has 0 fully saturated rings. The van der Waals surface area contributed by atoms with Crippen LogP contribution < -0.4 is 26.2 Å². The van der Waals surface area contributed by atoms with Gasteiger partial charge in [0.25, 0.3) is 6.71 Å². The van der Waals surface area contributed by atoms with Gasteiger partial charge in [0.2, 0.25) is 0 Å². The van der Waals surface area contributed by atoms with Crippen LogP contribution in [0, 0.1) is 0 Å². The van der Waals surface area contributed by atoms with Crippen molar-refractivity contribution < 1.29 is 0 Å². The molecule has 0 aromatic heterocycles. The van der Waals surface area contributed by atoms with Gasteiger partial charge in [-0.15, -0.1) is 0 Å². The van der Waals surface area contributed by atoms with Crippen molar-refractivity contribution in [3.8, 4) is 66.8 Å². The molecular formula is C82H77BN2. The quantitative estimate of drug-likeness (QED) is 0.140. The van der Waals surface area contributed by atoms with E-state index in [4.69, 9.17) is 0 Å². The van der Waals surface area contributed by atoms with E-state index in [1.165, 1.54) is 128 Å². The number of anilines is 6. The molecule has 2 aliphatic rings. The van der Waals surface area contributed by atoms with Crippen molar-refractivity contribution in [1.29, 1.82) is 0 Å². The van der Waals surface area contributed by atoms with E-state index in [0.29, 0.717) is 0 Å². The van der Waals surface area contributed by atoms with Crippen molar-refractivity contribution in [2.75, 3.05) is 9.80 Å². The maximum Gasteiger partial charge on any atom is 0.252 e. The second-order valence-electron chi connectivity index (χ2n) is 27.8. The lowest BCUT2D eigenvalue weighted by Crippen LogP contribution is -2.61. The van der Waals surface area contributed by atoms with E-state index in [-0.39, 0.29) is 28.4 Å². The molecule has 2 aliphatic heterocycles. The summed E-state index contributed by atoms with van der Waals surface area (Å²) in [5, 5.41) is 0. The van der Waals surface area contributed by atoms with Crippen LogP contribution >= 0.6 is 0 Å². The summed E-state index contributed by atoms with van der Waals surface area (Å²) >= 11 is 0. The van der Waals surface area contributed by atoms with Crippen molar-refractivity contribution >= 4 is 57.2 Å². The van der Waals surface area contributed by atoms with Gasteiger partial charge in [-0.1, -0.05) is 308 Å². The molecule has 2 heterocycles. The minimum atomic E-state index is -0.248. The topological polar surface area (TPSA) is 6.48 Å². The lowest BCUT2D eigenvalue weighted by Gasteiger charge is -2.47. The second-order valence-corrected chi connectivity index (χ2v) is 27.8. The van der Waals surface area contributed by atoms with Crippen molar-refractivity contribution in [2.24, 2.45) is 0 Å². The molecular weight excluding hydrogens is 1020 g/mol. The fourth-order valence-corrected chi connectivity index (χ4v) is 13.2. The molecule has 3 heteroatoms. The Balaban J connectivity index is 1.25. The first-order valence-corrected chi connectivity index (χ1v) is 30.5. The minimum Gasteiger partial charge on any atom is -0.310 e. The summed E-state index contributed by atoms with van der Waals surface area (Å²) in [7, 11) is 0. The Labute approximate surface area is 506 Å². The van der Waals surface area contributed by atoms with Gasteiger partial charge in [-0.3, -0.25) is 0 Å². The fourth-order valence-electron chi connectivity index (χ4n) is 13.2. The first-order chi connectivity index (χ1) is 40.7. The summed E-state index contributed by atoms with van der Waals surface area (Å²) in [5.41, 5.74) is 29.9. The molecule has 0 unspecified atom stereocenters. The third-order valence-corrected chi connectivity index (χ3v) is 17.8. The molecule has 0 amide bonds. The van der Waals surface area contributed by atoms with Gasteiger partial charge in [0, 0.05) is 45.0 Å². The summed E-state index contributed by atoms with van der Waals surface area (Å²) in [6, 6.07) is 94.5. The van der Waals surface area contributed by atoms with E-state index >= 15 is 0 Å². The summed E-state index contributed by atoms with van der Waals surface area (Å²) < 4.78 is 0. The normalized spacial score (nSPS) is 13.1. The number of nitrogens with zero attached hydrogens (tertiary/aromatic N) is 2. The number of fused-ring (bicyclic) bond motifs is 4. The molecule has 2 nitrogen and oxygen atoms in total. The van der Waals surface area contributed by atoms with E-state index in [1.54, 1.807) is 0 Å². The van der Waals surface area contributed by atoms with Crippen LogP contribution in [0.1, 0.15) is 105 Å². The largest absolute Gasteiger partial charge is 0.310 e. The van der Waals surface area contributed by atoms with Crippen LogP contribution in [0.25, 0.3) is 66.8 Å². The molecule has 0 bridgehead atoms. The maximum absolute atomic E-state index is 2.71. The van der Waals surface area contributed by atoms with Crippen molar-refractivity contribution in [2.45, 2.75) is 105 Å². The van der Waals surface area contributed by atoms with Crippen LogP contribution in [0.2, 0.25) is 0 Å². The molecule has 0 saturated carbocycles. The van der Waals surface area contributed by atoms with Crippen LogP contribution in [0.5, 0.6) is 0 Å². The van der Waals surface area contributed by atoms with Gasteiger partial charge in [0.1, 0.15) is 0 Å². The number of benzene rings is 11. The predicted molar refractivity (Wildman–Crippen MR) is 368 cm³/mol. The Bertz CT molecular complexity index is 4160. The molecule has 418 valence electrons. The average Bonchev–Trinajstić information content (AvgIpc) is 0.861.